The molecule has 1 aliphatic carbocycles. The first-order valence-corrected chi connectivity index (χ1v) is 6.82. The monoisotopic (exact) mass is 265 g/mol. The first kappa shape index (κ1) is 12.7. The van der Waals surface area contributed by atoms with Gasteiger partial charge in [-0.1, -0.05) is 0 Å². The van der Waals surface area contributed by atoms with Crippen LogP contribution in [0.3, 0.4) is 0 Å². The third-order valence-electron chi connectivity index (χ3n) is 3.92. The Morgan fingerprint density at radius 1 is 1.47 bits per heavy atom. The fourth-order valence-corrected chi connectivity index (χ4v) is 2.80. The van der Waals surface area contributed by atoms with Crippen LogP contribution in [0.25, 0.3) is 0 Å². The SMILES string of the molecule is Cc1cc(CNC2CCOC2C2CC2)oc1C(=O)O. The van der Waals surface area contributed by atoms with Crippen molar-refractivity contribution >= 4 is 5.97 Å². The van der Waals surface area contributed by atoms with Crippen LogP contribution < -0.4 is 5.32 Å². The lowest BCUT2D eigenvalue weighted by Gasteiger charge is -2.18. The molecule has 0 aromatic carbocycles. The summed E-state index contributed by atoms with van der Waals surface area (Å²) in [5, 5.41) is 12.4. The van der Waals surface area contributed by atoms with Crippen molar-refractivity contribution < 1.29 is 19.1 Å². The molecule has 2 aliphatic rings. The van der Waals surface area contributed by atoms with Crippen molar-refractivity contribution in [3.8, 4) is 0 Å². The minimum Gasteiger partial charge on any atom is -0.475 e. The Hall–Kier alpha value is -1.33. The Labute approximate surface area is 111 Å². The summed E-state index contributed by atoms with van der Waals surface area (Å²) in [4.78, 5) is 10.9. The molecule has 2 fully saturated rings. The Morgan fingerprint density at radius 2 is 2.26 bits per heavy atom. The molecule has 2 unspecified atom stereocenters. The fraction of sp³-hybridized carbons (Fsp3) is 0.643. The summed E-state index contributed by atoms with van der Waals surface area (Å²) in [7, 11) is 0. The number of carboxylic acids is 1. The van der Waals surface area contributed by atoms with E-state index < -0.39 is 5.97 Å². The first-order valence-electron chi connectivity index (χ1n) is 6.82. The molecule has 2 N–H and O–H groups in total. The van der Waals surface area contributed by atoms with E-state index in [1.807, 2.05) is 0 Å². The zero-order valence-corrected chi connectivity index (χ0v) is 11.0. The number of aromatic carboxylic acids is 1. The average Bonchev–Trinajstić information content (AvgIpc) is 2.98. The summed E-state index contributed by atoms with van der Waals surface area (Å²) >= 11 is 0. The van der Waals surface area contributed by atoms with Gasteiger partial charge in [0.25, 0.3) is 0 Å². The van der Waals surface area contributed by atoms with Crippen molar-refractivity contribution in [1.29, 1.82) is 0 Å². The maximum absolute atomic E-state index is 10.9. The van der Waals surface area contributed by atoms with E-state index in [1.165, 1.54) is 12.8 Å². The fourth-order valence-electron chi connectivity index (χ4n) is 2.80. The Bertz CT molecular complexity index is 478. The lowest BCUT2D eigenvalue weighted by atomic mass is 10.1. The van der Waals surface area contributed by atoms with Gasteiger partial charge < -0.3 is 19.6 Å². The topological polar surface area (TPSA) is 71.7 Å². The molecule has 1 aromatic rings. The van der Waals surface area contributed by atoms with Gasteiger partial charge in [0.05, 0.1) is 12.6 Å². The van der Waals surface area contributed by atoms with Gasteiger partial charge in [0.1, 0.15) is 5.76 Å². The highest BCUT2D eigenvalue weighted by Crippen LogP contribution is 2.38. The number of carbonyl (C=O) groups is 1. The van der Waals surface area contributed by atoms with Crippen molar-refractivity contribution in [1.82, 2.24) is 5.32 Å². The molecule has 1 aromatic heterocycles. The van der Waals surface area contributed by atoms with Crippen molar-refractivity contribution in [2.45, 2.75) is 44.9 Å². The maximum Gasteiger partial charge on any atom is 0.372 e. The first-order chi connectivity index (χ1) is 9.15. The molecule has 5 heteroatoms. The molecule has 3 rings (SSSR count). The van der Waals surface area contributed by atoms with Gasteiger partial charge in [0.2, 0.25) is 5.76 Å². The molecule has 0 radical (unpaired) electrons. The van der Waals surface area contributed by atoms with E-state index in [0.29, 0.717) is 35.9 Å². The lowest BCUT2D eigenvalue weighted by Crippen LogP contribution is -2.37. The molecule has 0 amide bonds. The molecule has 1 saturated carbocycles. The van der Waals surface area contributed by atoms with E-state index in [2.05, 4.69) is 5.32 Å². The predicted molar refractivity (Wildman–Crippen MR) is 68.1 cm³/mol. The van der Waals surface area contributed by atoms with Crippen molar-refractivity contribution in [3.63, 3.8) is 0 Å². The Morgan fingerprint density at radius 3 is 2.89 bits per heavy atom. The number of hydrogen-bond acceptors (Lipinski definition) is 4. The number of carboxylic acid groups (broad SMARTS) is 1. The van der Waals surface area contributed by atoms with Crippen molar-refractivity contribution in [2.24, 2.45) is 5.92 Å². The molecule has 0 bridgehead atoms. The van der Waals surface area contributed by atoms with Crippen LogP contribution in [0.2, 0.25) is 0 Å². The van der Waals surface area contributed by atoms with Crippen LogP contribution in [-0.4, -0.2) is 29.8 Å². The normalized spacial score (nSPS) is 26.8. The molecule has 1 aliphatic heterocycles. The van der Waals surface area contributed by atoms with Gasteiger partial charge in [-0.25, -0.2) is 4.79 Å². The second kappa shape index (κ2) is 4.98. The molecule has 2 atom stereocenters. The van der Waals surface area contributed by atoms with Crippen LogP contribution in [0, 0.1) is 12.8 Å². The van der Waals surface area contributed by atoms with E-state index >= 15 is 0 Å². The Kier molecular flexibility index (Phi) is 3.33. The van der Waals surface area contributed by atoms with Crippen LogP contribution in [0.15, 0.2) is 10.5 Å². The van der Waals surface area contributed by atoms with Gasteiger partial charge in [-0.3, -0.25) is 0 Å². The van der Waals surface area contributed by atoms with E-state index in [-0.39, 0.29) is 5.76 Å². The standard InChI is InChI=1S/C14H19NO4/c1-8-6-10(19-12(8)14(16)17)7-15-11-4-5-18-13(11)9-2-3-9/h6,9,11,13,15H,2-5,7H2,1H3,(H,16,17). The molecule has 19 heavy (non-hydrogen) atoms. The quantitative estimate of drug-likeness (QED) is 0.851. The highest BCUT2D eigenvalue weighted by molar-refractivity contribution is 5.86. The number of hydrogen-bond donors (Lipinski definition) is 2. The third-order valence-corrected chi connectivity index (χ3v) is 3.92. The maximum atomic E-state index is 10.9. The number of nitrogens with one attached hydrogen (secondary N) is 1. The van der Waals surface area contributed by atoms with Gasteiger partial charge in [-0.05, 0) is 38.2 Å². The molecular formula is C14H19NO4. The van der Waals surface area contributed by atoms with Gasteiger partial charge >= 0.3 is 5.97 Å². The van der Waals surface area contributed by atoms with Gasteiger partial charge in [-0.2, -0.15) is 0 Å². The minimum absolute atomic E-state index is 0.0400. The van der Waals surface area contributed by atoms with Crippen LogP contribution in [-0.2, 0) is 11.3 Å². The molecule has 1 saturated heterocycles. The Balaban J connectivity index is 1.59. The second-order valence-corrected chi connectivity index (χ2v) is 5.48. The summed E-state index contributed by atoms with van der Waals surface area (Å²) in [6.45, 7) is 3.13. The largest absolute Gasteiger partial charge is 0.475 e. The van der Waals surface area contributed by atoms with Crippen LogP contribution in [0.4, 0.5) is 0 Å². The smallest absolute Gasteiger partial charge is 0.372 e. The van der Waals surface area contributed by atoms with Crippen LogP contribution in [0.5, 0.6) is 0 Å². The number of rotatable bonds is 5. The van der Waals surface area contributed by atoms with Gasteiger partial charge in [-0.15, -0.1) is 0 Å². The zero-order chi connectivity index (χ0) is 13.4. The molecule has 0 spiro atoms. The number of furan rings is 1. The van der Waals surface area contributed by atoms with Gasteiger partial charge in [0.15, 0.2) is 0 Å². The van der Waals surface area contributed by atoms with Crippen molar-refractivity contribution in [2.75, 3.05) is 6.61 Å². The minimum atomic E-state index is -1.01. The second-order valence-electron chi connectivity index (χ2n) is 5.48. The lowest BCUT2D eigenvalue weighted by molar-refractivity contribution is 0.0657. The zero-order valence-electron chi connectivity index (χ0n) is 11.0. The third kappa shape index (κ3) is 2.67. The van der Waals surface area contributed by atoms with E-state index in [4.69, 9.17) is 14.3 Å². The van der Waals surface area contributed by atoms with E-state index in [1.54, 1.807) is 13.0 Å². The highest BCUT2D eigenvalue weighted by Gasteiger charge is 2.40. The van der Waals surface area contributed by atoms with Crippen molar-refractivity contribution in [3.05, 3.63) is 23.2 Å². The average molecular weight is 265 g/mol. The predicted octanol–water partition coefficient (Wildman–Crippen LogP) is 1.94. The highest BCUT2D eigenvalue weighted by atomic mass is 16.5. The van der Waals surface area contributed by atoms with Gasteiger partial charge in [0, 0.05) is 18.2 Å². The summed E-state index contributed by atoms with van der Waals surface area (Å²) in [6.07, 6.45) is 3.89. The summed E-state index contributed by atoms with van der Waals surface area (Å²) in [5.41, 5.74) is 0.672. The summed E-state index contributed by atoms with van der Waals surface area (Å²) in [5.74, 6) is 0.422. The molecular weight excluding hydrogens is 246 g/mol. The van der Waals surface area contributed by atoms with Crippen LogP contribution >= 0.6 is 0 Å². The van der Waals surface area contributed by atoms with Crippen LogP contribution in [0.1, 0.15) is 41.1 Å². The summed E-state index contributed by atoms with van der Waals surface area (Å²) < 4.78 is 11.1. The summed E-state index contributed by atoms with van der Waals surface area (Å²) in [6, 6.07) is 2.16. The molecule has 104 valence electrons. The van der Waals surface area contributed by atoms with E-state index in [0.717, 1.165) is 13.0 Å². The molecule has 2 heterocycles. The molecule has 5 nitrogen and oxygen atoms in total. The number of aryl methyl sites for hydroxylation is 1. The number of ether oxygens (including phenoxy) is 1. The van der Waals surface area contributed by atoms with E-state index in [9.17, 15) is 4.79 Å².